The van der Waals surface area contributed by atoms with Crippen LogP contribution >= 0.6 is 7.60 Å². The molecule has 0 heterocycles. The van der Waals surface area contributed by atoms with Crippen LogP contribution in [-0.2, 0) is 56.5 Å². The van der Waals surface area contributed by atoms with Gasteiger partial charge in [0.2, 0.25) is 0 Å². The molecule has 0 aromatic heterocycles. The Labute approximate surface area is 294 Å². The van der Waals surface area contributed by atoms with E-state index in [1.165, 1.54) is 6.92 Å². The molecule has 12 nitrogen and oxygen atoms in total. The Morgan fingerprint density at radius 2 is 1.08 bits per heavy atom. The van der Waals surface area contributed by atoms with Gasteiger partial charge in [-0.05, 0) is 122 Å². The quantitative estimate of drug-likeness (QED) is 0.0889. The van der Waals surface area contributed by atoms with Crippen molar-refractivity contribution in [2.75, 3.05) is 26.4 Å². The van der Waals surface area contributed by atoms with Gasteiger partial charge in [0.05, 0.1) is 38.3 Å². The van der Waals surface area contributed by atoms with Crippen molar-refractivity contribution in [1.82, 2.24) is 0 Å². The predicted octanol–water partition coefficient (Wildman–Crippen LogP) is 7.69. The van der Waals surface area contributed by atoms with Crippen LogP contribution in [0.1, 0.15) is 134 Å². The second kappa shape index (κ2) is 22.3. The molecule has 2 saturated carbocycles. The normalized spacial score (nSPS) is 17.7. The Balaban J connectivity index is 0.000000727. The maximum atomic E-state index is 12.3. The predicted molar refractivity (Wildman–Crippen MR) is 187 cm³/mol. The van der Waals surface area contributed by atoms with E-state index in [1.807, 2.05) is 34.6 Å². The first kappa shape index (κ1) is 46.4. The highest BCUT2D eigenvalue weighted by molar-refractivity contribution is 7.55. The van der Waals surface area contributed by atoms with Crippen molar-refractivity contribution < 1.29 is 56.5 Å². The number of ketones is 1. The molecule has 0 spiro atoms. The third kappa shape index (κ3) is 18.9. The molecule has 0 aromatic rings. The number of esters is 4. The van der Waals surface area contributed by atoms with Gasteiger partial charge in [-0.1, -0.05) is 5.57 Å². The number of carbonyl (C=O) groups is 5. The van der Waals surface area contributed by atoms with Gasteiger partial charge in [-0.3, -0.25) is 23.7 Å². The van der Waals surface area contributed by atoms with E-state index in [1.54, 1.807) is 41.5 Å². The average Bonchev–Trinajstić information content (AvgIpc) is 3.00. The molecule has 2 fully saturated rings. The van der Waals surface area contributed by atoms with Crippen molar-refractivity contribution in [1.29, 1.82) is 0 Å². The third-order valence-electron chi connectivity index (χ3n) is 7.45. The molecule has 284 valence electrons. The van der Waals surface area contributed by atoms with Gasteiger partial charge in [0.15, 0.2) is 5.66 Å². The molecule has 0 amide bonds. The van der Waals surface area contributed by atoms with E-state index in [0.717, 1.165) is 31.3 Å². The summed E-state index contributed by atoms with van der Waals surface area (Å²) in [4.78, 5) is 57.5. The van der Waals surface area contributed by atoms with Crippen LogP contribution in [0.3, 0.4) is 0 Å². The summed E-state index contributed by atoms with van der Waals surface area (Å²) in [5, 5.41) is 0. The summed E-state index contributed by atoms with van der Waals surface area (Å²) in [6.07, 6.45) is 5.51. The Bertz CT molecular complexity index is 1130. The molecule has 0 aliphatic heterocycles. The summed E-state index contributed by atoms with van der Waals surface area (Å²) in [6, 6.07) is 0. The van der Waals surface area contributed by atoms with E-state index in [-0.39, 0.29) is 48.7 Å². The molecule has 2 aliphatic carbocycles. The van der Waals surface area contributed by atoms with E-state index in [0.29, 0.717) is 44.5 Å². The molecule has 2 rings (SSSR count). The third-order valence-corrected chi connectivity index (χ3v) is 9.84. The topological polar surface area (TPSA) is 158 Å². The Morgan fingerprint density at radius 1 is 0.694 bits per heavy atom. The van der Waals surface area contributed by atoms with Crippen LogP contribution in [0.4, 0.5) is 0 Å². The van der Waals surface area contributed by atoms with Gasteiger partial charge in [-0.15, -0.1) is 0 Å². The summed E-state index contributed by atoms with van der Waals surface area (Å²) < 4.78 is 42.9. The summed E-state index contributed by atoms with van der Waals surface area (Å²) >= 11 is 0. The van der Waals surface area contributed by atoms with Crippen LogP contribution < -0.4 is 0 Å². The van der Waals surface area contributed by atoms with E-state index < -0.39 is 30.4 Å². The number of rotatable bonds is 11. The van der Waals surface area contributed by atoms with Crippen LogP contribution in [0.2, 0.25) is 0 Å². The lowest BCUT2D eigenvalue weighted by Gasteiger charge is -2.26. The number of ether oxygens (including phenoxy) is 4. The molecule has 1 atom stereocenters. The lowest BCUT2D eigenvalue weighted by Crippen LogP contribution is -2.31. The van der Waals surface area contributed by atoms with Crippen molar-refractivity contribution in [2.24, 2.45) is 11.8 Å². The monoisotopic (exact) mass is 718 g/mol. The molecule has 0 bridgehead atoms. The molecule has 13 heteroatoms. The van der Waals surface area contributed by atoms with Crippen molar-refractivity contribution in [3.8, 4) is 0 Å². The molecule has 0 aromatic carbocycles. The van der Waals surface area contributed by atoms with Gasteiger partial charge < -0.3 is 28.0 Å². The lowest BCUT2D eigenvalue weighted by molar-refractivity contribution is -0.154. The maximum Gasteiger partial charge on any atom is 0.344 e. The molecule has 49 heavy (non-hydrogen) atoms. The minimum Gasteiger partial charge on any atom is -0.466 e. The first-order valence-electron chi connectivity index (χ1n) is 17.5. The van der Waals surface area contributed by atoms with Crippen molar-refractivity contribution in [3.63, 3.8) is 0 Å². The number of hydrogen-bond donors (Lipinski definition) is 0. The van der Waals surface area contributed by atoms with E-state index in [4.69, 9.17) is 28.0 Å². The zero-order valence-corrected chi connectivity index (χ0v) is 33.0. The Morgan fingerprint density at radius 3 is 1.43 bits per heavy atom. The van der Waals surface area contributed by atoms with Crippen LogP contribution in [0, 0.1) is 11.8 Å². The van der Waals surface area contributed by atoms with Gasteiger partial charge in [-0.25, -0.2) is 4.79 Å². The van der Waals surface area contributed by atoms with Crippen molar-refractivity contribution in [3.05, 3.63) is 11.1 Å². The zero-order chi connectivity index (χ0) is 38.0. The summed E-state index contributed by atoms with van der Waals surface area (Å²) in [7, 11) is -3.43. The highest BCUT2D eigenvalue weighted by atomic mass is 31.2. The van der Waals surface area contributed by atoms with Gasteiger partial charge in [0, 0.05) is 18.4 Å². The van der Waals surface area contributed by atoms with Gasteiger partial charge in [-0.2, -0.15) is 0 Å². The van der Waals surface area contributed by atoms with Crippen LogP contribution in [0.5, 0.6) is 0 Å². The fraction of sp³-hybridized carbons (Fsp3) is 0.806. The molecule has 0 saturated heterocycles. The SMILES string of the molecule is CCOC(=O)C1CCC(=C(C)C(=O)OC(C)(C)C)CC1.CCOC(=O)C1CCC(=O)CC1.CCOP(=O)(OCC)C(C)C(=O)OC(C)(C)C. The van der Waals surface area contributed by atoms with Crippen LogP contribution in [0.25, 0.3) is 0 Å². The molecular formula is C36H63O12P. The summed E-state index contributed by atoms with van der Waals surface area (Å²) in [5.74, 6) is -0.834. The fourth-order valence-electron chi connectivity index (χ4n) is 4.91. The minimum atomic E-state index is -3.43. The van der Waals surface area contributed by atoms with Crippen molar-refractivity contribution in [2.45, 2.75) is 151 Å². The molecule has 2 aliphatic rings. The second-order valence-electron chi connectivity index (χ2n) is 13.9. The van der Waals surface area contributed by atoms with Crippen LogP contribution in [-0.4, -0.2) is 72.9 Å². The van der Waals surface area contributed by atoms with E-state index in [9.17, 15) is 28.5 Å². The number of hydrogen-bond acceptors (Lipinski definition) is 12. The minimum absolute atomic E-state index is 0.0230. The molecule has 0 radical (unpaired) electrons. The highest BCUT2D eigenvalue weighted by Crippen LogP contribution is 2.53. The Hall–Kier alpha value is -2.56. The smallest absolute Gasteiger partial charge is 0.344 e. The van der Waals surface area contributed by atoms with E-state index in [2.05, 4.69) is 0 Å². The summed E-state index contributed by atoms with van der Waals surface area (Å²) in [6.45, 7) is 22.5. The number of allylic oxidation sites excluding steroid dienone is 1. The standard InChI is InChI=1S/C16H26O4.C11H23O5P.C9H14O3/c1-6-19-15(18)13-9-7-12(8-10-13)11(2)14(17)20-16(3,4)5;1-7-14-17(13,15-8-2)9(3)10(12)16-11(4,5)6;1-2-12-9(11)7-3-5-8(10)6-4-7/h13H,6-10H2,1-5H3;9H,7-8H2,1-6H3;7H,2-6H2,1H3. The van der Waals surface area contributed by atoms with Crippen LogP contribution in [0.15, 0.2) is 11.1 Å². The van der Waals surface area contributed by atoms with Crippen molar-refractivity contribution >= 4 is 37.3 Å². The molecule has 0 N–H and O–H groups in total. The highest BCUT2D eigenvalue weighted by Gasteiger charge is 2.40. The average molecular weight is 719 g/mol. The number of carbonyl (C=O) groups excluding carboxylic acids is 5. The largest absolute Gasteiger partial charge is 0.466 e. The lowest BCUT2D eigenvalue weighted by atomic mass is 9.84. The first-order chi connectivity index (χ1) is 22.6. The molecular weight excluding hydrogens is 655 g/mol. The van der Waals surface area contributed by atoms with Gasteiger partial charge in [0.1, 0.15) is 17.0 Å². The fourth-order valence-corrected chi connectivity index (χ4v) is 6.46. The Kier molecular flexibility index (Phi) is 21.1. The molecule has 1 unspecified atom stereocenters. The first-order valence-corrected chi connectivity index (χ1v) is 19.1. The van der Waals surface area contributed by atoms with Gasteiger partial charge >= 0.3 is 31.5 Å². The maximum absolute atomic E-state index is 12.3. The van der Waals surface area contributed by atoms with E-state index >= 15 is 0 Å². The number of Topliss-reactive ketones (excluding diaryl/α,β-unsaturated/α-hetero) is 1. The second-order valence-corrected chi connectivity index (χ2v) is 16.3. The summed E-state index contributed by atoms with van der Waals surface area (Å²) in [5.41, 5.74) is -0.195. The zero-order valence-electron chi connectivity index (χ0n) is 32.1. The van der Waals surface area contributed by atoms with Gasteiger partial charge in [0.25, 0.3) is 0 Å².